The highest BCUT2D eigenvalue weighted by Crippen LogP contribution is 2.26. The molecule has 1 aliphatic rings. The minimum absolute atomic E-state index is 0.101. The monoisotopic (exact) mass is 346 g/mol. The molecule has 24 heavy (non-hydrogen) atoms. The number of nitro benzene ring substituents is 1. The fourth-order valence-electron chi connectivity index (χ4n) is 2.93. The second kappa shape index (κ2) is 6.98. The van der Waals surface area contributed by atoms with E-state index in [1.54, 1.807) is 0 Å². The summed E-state index contributed by atoms with van der Waals surface area (Å²) in [6, 6.07) is 12.3. The van der Waals surface area contributed by atoms with Gasteiger partial charge in [0.2, 0.25) is 0 Å². The van der Waals surface area contributed by atoms with Gasteiger partial charge in [0.15, 0.2) is 6.54 Å². The summed E-state index contributed by atoms with van der Waals surface area (Å²) >= 11 is 6.00. The highest BCUT2D eigenvalue weighted by Gasteiger charge is 2.22. The quantitative estimate of drug-likeness (QED) is 0.655. The van der Waals surface area contributed by atoms with Crippen LogP contribution in [0, 0.1) is 10.1 Å². The Hall–Kier alpha value is -2.44. The molecule has 2 aromatic rings. The van der Waals surface area contributed by atoms with Crippen molar-refractivity contribution in [1.82, 2.24) is 0 Å². The van der Waals surface area contributed by atoms with Crippen molar-refractivity contribution in [3.05, 3.63) is 68.7 Å². The summed E-state index contributed by atoms with van der Waals surface area (Å²) < 4.78 is 0. The van der Waals surface area contributed by atoms with Crippen LogP contribution in [0.25, 0.3) is 0 Å². The highest BCUT2D eigenvalue weighted by atomic mass is 35.5. The topological polar surface area (TPSA) is 76.7 Å². The number of benzene rings is 2. The molecule has 3 rings (SSSR count). The largest absolute Gasteiger partial charge is 0.323 e. The summed E-state index contributed by atoms with van der Waals surface area (Å²) in [4.78, 5) is 23.6. The summed E-state index contributed by atoms with van der Waals surface area (Å²) in [5.74, 6) is -0.153. The fourth-order valence-corrected chi connectivity index (χ4v) is 3.16. The molecule has 124 valence electrons. The molecule has 0 fully saturated rings. The van der Waals surface area contributed by atoms with Crippen molar-refractivity contribution >= 4 is 28.9 Å². The Morgan fingerprint density at radius 2 is 2.00 bits per heavy atom. The summed E-state index contributed by atoms with van der Waals surface area (Å²) in [5.41, 5.74) is 2.92. The molecular weight excluding hydrogens is 330 g/mol. The van der Waals surface area contributed by atoms with Crippen LogP contribution in [0.3, 0.4) is 0 Å². The van der Waals surface area contributed by atoms with Crippen LogP contribution in [-0.4, -0.2) is 23.9 Å². The maximum Gasteiger partial charge on any atom is 0.279 e. The molecule has 0 saturated carbocycles. The van der Waals surface area contributed by atoms with Gasteiger partial charge in [0.1, 0.15) is 6.54 Å². The number of non-ortho nitro benzene ring substituents is 1. The number of nitro groups is 1. The standard InChI is InChI=1S/C17H16ClN3O3/c18-15-9-14(21(23)24)5-6-16(15)19-17(22)11-20-8-7-12-3-1-2-4-13(12)10-20/h1-6,9H,7-8,10-11H2,(H,19,22)/p+1. The average molecular weight is 347 g/mol. The van der Waals surface area contributed by atoms with Gasteiger partial charge >= 0.3 is 0 Å². The number of hydrogen-bond donors (Lipinski definition) is 2. The van der Waals surface area contributed by atoms with Crippen LogP contribution in [0.2, 0.25) is 5.02 Å². The second-order valence-corrected chi connectivity index (χ2v) is 6.25. The summed E-state index contributed by atoms with van der Waals surface area (Å²) in [7, 11) is 0. The lowest BCUT2D eigenvalue weighted by Gasteiger charge is -2.25. The molecule has 0 bridgehead atoms. The Morgan fingerprint density at radius 1 is 1.25 bits per heavy atom. The molecule has 0 saturated heterocycles. The first-order valence-electron chi connectivity index (χ1n) is 7.67. The minimum atomic E-state index is -0.521. The number of fused-ring (bicyclic) bond motifs is 1. The van der Waals surface area contributed by atoms with Crippen molar-refractivity contribution in [3.8, 4) is 0 Å². The fraction of sp³-hybridized carbons (Fsp3) is 0.235. The first-order valence-corrected chi connectivity index (χ1v) is 8.05. The van der Waals surface area contributed by atoms with Crippen LogP contribution in [0.4, 0.5) is 11.4 Å². The molecule has 6 nitrogen and oxygen atoms in total. The van der Waals surface area contributed by atoms with Gasteiger partial charge in [0, 0.05) is 24.1 Å². The molecule has 1 unspecified atom stereocenters. The first kappa shape index (κ1) is 16.4. The molecule has 1 amide bonds. The van der Waals surface area contributed by atoms with Crippen molar-refractivity contribution < 1.29 is 14.6 Å². The highest BCUT2D eigenvalue weighted by molar-refractivity contribution is 6.33. The van der Waals surface area contributed by atoms with Crippen LogP contribution >= 0.6 is 11.6 Å². The van der Waals surface area contributed by atoms with E-state index in [1.165, 1.54) is 34.2 Å². The molecule has 2 aromatic carbocycles. The Morgan fingerprint density at radius 3 is 2.71 bits per heavy atom. The van der Waals surface area contributed by atoms with Crippen molar-refractivity contribution in [2.75, 3.05) is 18.4 Å². The SMILES string of the molecule is O=C(C[NH+]1CCc2ccccc2C1)Nc1ccc([N+](=O)[O-])cc1Cl. The zero-order chi connectivity index (χ0) is 17.1. The maximum absolute atomic E-state index is 12.2. The Balaban J connectivity index is 1.61. The molecule has 0 radical (unpaired) electrons. The molecule has 2 N–H and O–H groups in total. The number of hydrogen-bond acceptors (Lipinski definition) is 3. The lowest BCUT2D eigenvalue weighted by atomic mass is 10.00. The van der Waals surface area contributed by atoms with Gasteiger partial charge in [0.05, 0.1) is 22.2 Å². The van der Waals surface area contributed by atoms with Crippen molar-refractivity contribution in [2.24, 2.45) is 0 Å². The lowest BCUT2D eigenvalue weighted by molar-refractivity contribution is -0.907. The van der Waals surface area contributed by atoms with E-state index < -0.39 is 4.92 Å². The molecule has 7 heteroatoms. The van der Waals surface area contributed by atoms with E-state index in [-0.39, 0.29) is 16.6 Å². The zero-order valence-corrected chi connectivity index (χ0v) is 13.7. The third-order valence-electron chi connectivity index (χ3n) is 4.15. The number of halogens is 1. The zero-order valence-electron chi connectivity index (χ0n) is 12.9. The Bertz CT molecular complexity index is 794. The number of nitrogens with one attached hydrogen (secondary N) is 2. The van der Waals surface area contributed by atoms with Crippen LogP contribution in [0.15, 0.2) is 42.5 Å². The van der Waals surface area contributed by atoms with E-state index in [2.05, 4.69) is 17.4 Å². The summed E-state index contributed by atoms with van der Waals surface area (Å²) in [6.07, 6.45) is 0.955. The second-order valence-electron chi connectivity index (χ2n) is 5.84. The van der Waals surface area contributed by atoms with Crippen LogP contribution in [0.5, 0.6) is 0 Å². The third kappa shape index (κ3) is 3.72. The van der Waals surface area contributed by atoms with Crippen LogP contribution < -0.4 is 10.2 Å². The molecule has 0 spiro atoms. The van der Waals surface area contributed by atoms with Gasteiger partial charge in [-0.1, -0.05) is 35.9 Å². The number of amides is 1. The Labute approximate surface area is 144 Å². The Kier molecular flexibility index (Phi) is 4.78. The molecular formula is C17H17ClN3O3+. The minimum Gasteiger partial charge on any atom is -0.323 e. The van der Waals surface area contributed by atoms with Crippen molar-refractivity contribution in [2.45, 2.75) is 13.0 Å². The number of quaternary nitrogens is 1. The van der Waals surface area contributed by atoms with Gasteiger partial charge < -0.3 is 10.2 Å². The average Bonchev–Trinajstić information content (AvgIpc) is 2.56. The molecule has 0 aliphatic carbocycles. The van der Waals surface area contributed by atoms with Crippen LogP contribution in [0.1, 0.15) is 11.1 Å². The molecule has 0 aromatic heterocycles. The number of carbonyl (C=O) groups excluding carboxylic acids is 1. The van der Waals surface area contributed by atoms with E-state index in [0.717, 1.165) is 19.5 Å². The third-order valence-corrected chi connectivity index (χ3v) is 4.47. The van der Waals surface area contributed by atoms with E-state index >= 15 is 0 Å². The lowest BCUT2D eigenvalue weighted by Crippen LogP contribution is -3.12. The van der Waals surface area contributed by atoms with Gasteiger partial charge in [-0.3, -0.25) is 14.9 Å². The molecule has 1 heterocycles. The maximum atomic E-state index is 12.2. The smallest absolute Gasteiger partial charge is 0.279 e. The van der Waals surface area contributed by atoms with E-state index in [0.29, 0.717) is 12.2 Å². The summed E-state index contributed by atoms with van der Waals surface area (Å²) in [5, 5.41) is 13.6. The predicted octanol–water partition coefficient (Wildman–Crippen LogP) is 1.83. The van der Waals surface area contributed by atoms with Gasteiger partial charge in [0.25, 0.3) is 11.6 Å². The van der Waals surface area contributed by atoms with E-state index in [1.807, 2.05) is 12.1 Å². The number of carbonyl (C=O) groups is 1. The number of nitrogens with zero attached hydrogens (tertiary/aromatic N) is 1. The normalized spacial score (nSPS) is 16.3. The van der Waals surface area contributed by atoms with E-state index in [9.17, 15) is 14.9 Å². The summed E-state index contributed by atoms with van der Waals surface area (Å²) in [6.45, 7) is 2.05. The van der Waals surface area contributed by atoms with Gasteiger partial charge in [-0.05, 0) is 11.6 Å². The number of anilines is 1. The molecule has 1 atom stereocenters. The van der Waals surface area contributed by atoms with Crippen molar-refractivity contribution in [1.29, 1.82) is 0 Å². The molecule has 1 aliphatic heterocycles. The van der Waals surface area contributed by atoms with Crippen LogP contribution in [-0.2, 0) is 17.8 Å². The van der Waals surface area contributed by atoms with Crippen molar-refractivity contribution in [3.63, 3.8) is 0 Å². The first-order chi connectivity index (χ1) is 11.5. The van der Waals surface area contributed by atoms with Gasteiger partial charge in [-0.25, -0.2) is 0 Å². The van der Waals surface area contributed by atoms with E-state index in [4.69, 9.17) is 11.6 Å². The van der Waals surface area contributed by atoms with Gasteiger partial charge in [-0.15, -0.1) is 0 Å². The van der Waals surface area contributed by atoms with Gasteiger partial charge in [-0.2, -0.15) is 0 Å². The number of rotatable bonds is 4. The predicted molar refractivity (Wildman–Crippen MR) is 91.3 cm³/mol.